The molecule has 0 amide bonds. The van der Waals surface area contributed by atoms with Crippen LogP contribution in [0, 0.1) is 0 Å². The zero-order valence-corrected chi connectivity index (χ0v) is 16.1. The maximum absolute atomic E-state index is 12.2. The number of halogens is 3. The van der Waals surface area contributed by atoms with Crippen LogP contribution in [-0.4, -0.2) is 39.1 Å². The van der Waals surface area contributed by atoms with Crippen LogP contribution < -0.4 is 15.4 Å². The van der Waals surface area contributed by atoms with Crippen molar-refractivity contribution < 1.29 is 13.5 Å². The van der Waals surface area contributed by atoms with Gasteiger partial charge < -0.3 is 15.4 Å². The number of nitrogens with one attached hydrogen (secondary N) is 2. The van der Waals surface area contributed by atoms with Crippen molar-refractivity contribution >= 4 is 29.9 Å². The lowest BCUT2D eigenvalue weighted by Crippen LogP contribution is -2.38. The summed E-state index contributed by atoms with van der Waals surface area (Å²) in [4.78, 5) is 3.83. The molecular formula is C16H26F2IN3O. The highest BCUT2D eigenvalue weighted by molar-refractivity contribution is 14.0. The van der Waals surface area contributed by atoms with Gasteiger partial charge in [-0.2, -0.15) is 0 Å². The first-order valence-corrected chi connectivity index (χ1v) is 7.51. The second-order valence-corrected chi connectivity index (χ2v) is 5.00. The fourth-order valence-electron chi connectivity index (χ4n) is 2.01. The fraction of sp³-hybridized carbons (Fsp3) is 0.562. The first-order chi connectivity index (χ1) is 10.6. The molecule has 0 saturated heterocycles. The Balaban J connectivity index is 0.00000484. The van der Waals surface area contributed by atoms with Crippen molar-refractivity contribution in [3.63, 3.8) is 0 Å². The second-order valence-electron chi connectivity index (χ2n) is 5.00. The third kappa shape index (κ3) is 8.92. The molecule has 0 spiro atoms. The summed E-state index contributed by atoms with van der Waals surface area (Å²) in [6, 6.07) is 7.96. The molecule has 0 aromatic heterocycles. The quantitative estimate of drug-likeness (QED) is 0.368. The number of rotatable bonds is 8. The van der Waals surface area contributed by atoms with Crippen molar-refractivity contribution in [2.75, 3.05) is 26.7 Å². The number of aliphatic imine (C=N–C) groups is 1. The summed E-state index contributed by atoms with van der Waals surface area (Å²) in [5.74, 6) is 1.63. The Morgan fingerprint density at radius 1 is 1.22 bits per heavy atom. The lowest BCUT2D eigenvalue weighted by molar-refractivity contribution is 0.158. The van der Waals surface area contributed by atoms with Gasteiger partial charge in [0.05, 0.1) is 7.11 Å². The van der Waals surface area contributed by atoms with Crippen molar-refractivity contribution in [1.29, 1.82) is 0 Å². The largest absolute Gasteiger partial charge is 0.497 e. The molecule has 1 aromatic carbocycles. The van der Waals surface area contributed by atoms with E-state index < -0.39 is 13.0 Å². The van der Waals surface area contributed by atoms with Crippen molar-refractivity contribution in [3.05, 3.63) is 29.8 Å². The molecular weight excluding hydrogens is 415 g/mol. The zero-order valence-electron chi connectivity index (χ0n) is 13.8. The van der Waals surface area contributed by atoms with Crippen LogP contribution in [0.25, 0.3) is 0 Å². The summed E-state index contributed by atoms with van der Waals surface area (Å²) in [7, 11) is 1.64. The number of nitrogens with zero attached hydrogens (tertiary/aromatic N) is 1. The van der Waals surface area contributed by atoms with Crippen LogP contribution in [0.15, 0.2) is 29.3 Å². The van der Waals surface area contributed by atoms with Crippen LogP contribution in [0.1, 0.15) is 31.7 Å². The predicted octanol–water partition coefficient (Wildman–Crippen LogP) is 3.63. The van der Waals surface area contributed by atoms with Gasteiger partial charge in [0.2, 0.25) is 0 Å². The molecule has 0 bridgehead atoms. The molecule has 7 heteroatoms. The molecule has 0 aliphatic rings. The number of ether oxygens (including phenoxy) is 1. The molecule has 132 valence electrons. The molecule has 0 heterocycles. The van der Waals surface area contributed by atoms with Gasteiger partial charge in [-0.1, -0.05) is 19.1 Å². The van der Waals surface area contributed by atoms with E-state index in [2.05, 4.69) is 22.5 Å². The standard InChI is InChI=1S/C16H25F2N3O.HI/c1-4-19-16(21-11-15(17)18)20-10-9-12(2)13-5-7-14(22-3)8-6-13;/h5-8,12,15H,4,9-11H2,1-3H3,(H2,19,20,21);1H. The second kappa shape index (κ2) is 12.3. The van der Waals surface area contributed by atoms with E-state index in [9.17, 15) is 8.78 Å². The van der Waals surface area contributed by atoms with Gasteiger partial charge in [-0.05, 0) is 37.0 Å². The minimum Gasteiger partial charge on any atom is -0.497 e. The van der Waals surface area contributed by atoms with E-state index in [4.69, 9.17) is 4.74 Å². The average molecular weight is 441 g/mol. The molecule has 0 aliphatic carbocycles. The fourth-order valence-corrected chi connectivity index (χ4v) is 2.01. The lowest BCUT2D eigenvalue weighted by atomic mass is 9.98. The molecule has 0 radical (unpaired) electrons. The normalized spacial score (nSPS) is 12.5. The van der Waals surface area contributed by atoms with E-state index in [0.29, 0.717) is 25.0 Å². The highest BCUT2D eigenvalue weighted by Gasteiger charge is 2.07. The Morgan fingerprint density at radius 3 is 2.39 bits per heavy atom. The average Bonchev–Trinajstić information content (AvgIpc) is 2.52. The maximum Gasteiger partial charge on any atom is 0.257 e. The third-order valence-electron chi connectivity index (χ3n) is 3.29. The molecule has 0 fully saturated rings. The molecule has 4 nitrogen and oxygen atoms in total. The minimum atomic E-state index is -2.42. The Kier molecular flexibility index (Phi) is 11.7. The molecule has 1 rings (SSSR count). The van der Waals surface area contributed by atoms with Gasteiger partial charge in [-0.3, -0.25) is 0 Å². The third-order valence-corrected chi connectivity index (χ3v) is 3.29. The van der Waals surface area contributed by atoms with E-state index in [1.165, 1.54) is 5.56 Å². The first kappa shape index (κ1) is 21.9. The first-order valence-electron chi connectivity index (χ1n) is 7.51. The summed E-state index contributed by atoms with van der Waals surface area (Å²) >= 11 is 0. The van der Waals surface area contributed by atoms with Crippen LogP contribution >= 0.6 is 24.0 Å². The SMILES string of the molecule is CCNC(=NCC(F)F)NCCC(C)c1ccc(OC)cc1.I. The molecule has 0 saturated carbocycles. The van der Waals surface area contributed by atoms with Crippen molar-refractivity contribution in [2.45, 2.75) is 32.6 Å². The van der Waals surface area contributed by atoms with E-state index >= 15 is 0 Å². The summed E-state index contributed by atoms with van der Waals surface area (Å²) in [6.07, 6.45) is -1.54. The topological polar surface area (TPSA) is 45.7 Å². The van der Waals surface area contributed by atoms with E-state index in [0.717, 1.165) is 12.2 Å². The predicted molar refractivity (Wildman–Crippen MR) is 101 cm³/mol. The highest BCUT2D eigenvalue weighted by Crippen LogP contribution is 2.21. The van der Waals surface area contributed by atoms with Gasteiger partial charge in [-0.25, -0.2) is 13.8 Å². The smallest absolute Gasteiger partial charge is 0.257 e. The van der Waals surface area contributed by atoms with Crippen LogP contribution in [0.4, 0.5) is 8.78 Å². The van der Waals surface area contributed by atoms with Crippen molar-refractivity contribution in [1.82, 2.24) is 10.6 Å². The van der Waals surface area contributed by atoms with E-state index in [1.807, 2.05) is 31.2 Å². The summed E-state index contributed by atoms with van der Waals surface area (Å²) in [5.41, 5.74) is 1.22. The number of benzene rings is 1. The van der Waals surface area contributed by atoms with Gasteiger partial charge in [0.15, 0.2) is 5.96 Å². The van der Waals surface area contributed by atoms with Gasteiger partial charge in [0, 0.05) is 13.1 Å². The van der Waals surface area contributed by atoms with E-state index in [-0.39, 0.29) is 24.0 Å². The van der Waals surface area contributed by atoms with Crippen molar-refractivity contribution in [2.24, 2.45) is 4.99 Å². The zero-order chi connectivity index (χ0) is 16.4. The molecule has 1 unspecified atom stereocenters. The molecule has 1 atom stereocenters. The lowest BCUT2D eigenvalue weighted by Gasteiger charge is -2.15. The maximum atomic E-state index is 12.2. The van der Waals surface area contributed by atoms with Crippen LogP contribution in [0.5, 0.6) is 5.75 Å². The van der Waals surface area contributed by atoms with Crippen LogP contribution in [0.2, 0.25) is 0 Å². The number of guanidine groups is 1. The Morgan fingerprint density at radius 2 is 1.87 bits per heavy atom. The number of alkyl halides is 2. The number of hydrogen-bond donors (Lipinski definition) is 2. The minimum absolute atomic E-state index is 0. The molecule has 0 aliphatic heterocycles. The van der Waals surface area contributed by atoms with Gasteiger partial charge >= 0.3 is 0 Å². The van der Waals surface area contributed by atoms with E-state index in [1.54, 1.807) is 7.11 Å². The molecule has 1 aromatic rings. The van der Waals surface area contributed by atoms with Crippen LogP contribution in [-0.2, 0) is 0 Å². The van der Waals surface area contributed by atoms with Crippen molar-refractivity contribution in [3.8, 4) is 5.75 Å². The number of methoxy groups -OCH3 is 1. The molecule has 23 heavy (non-hydrogen) atoms. The Bertz CT molecular complexity index is 455. The van der Waals surface area contributed by atoms with Gasteiger partial charge in [0.25, 0.3) is 6.43 Å². The monoisotopic (exact) mass is 441 g/mol. The summed E-state index contributed by atoms with van der Waals surface area (Å²) < 4.78 is 29.5. The van der Waals surface area contributed by atoms with Crippen LogP contribution in [0.3, 0.4) is 0 Å². The summed E-state index contributed by atoms with van der Waals surface area (Å²) in [5, 5.41) is 6.04. The van der Waals surface area contributed by atoms with Gasteiger partial charge in [0.1, 0.15) is 12.3 Å². The number of hydrogen-bond acceptors (Lipinski definition) is 2. The van der Waals surface area contributed by atoms with Gasteiger partial charge in [-0.15, -0.1) is 24.0 Å². The molecule has 2 N–H and O–H groups in total. The highest BCUT2D eigenvalue weighted by atomic mass is 127. The Labute approximate surface area is 154 Å². The Hall–Kier alpha value is -1.12. The summed E-state index contributed by atoms with van der Waals surface area (Å²) in [6.45, 7) is 4.86.